The van der Waals surface area contributed by atoms with Crippen LogP contribution in [0, 0.1) is 30.6 Å². The van der Waals surface area contributed by atoms with Gasteiger partial charge in [0.05, 0.1) is 22.5 Å². The quantitative estimate of drug-likeness (QED) is 0.169. The molecule has 2 fully saturated rings. The first-order valence-electron chi connectivity index (χ1n) is 11.0. The average Bonchev–Trinajstić information content (AvgIpc) is 3.48. The number of rotatable bonds is 8. The van der Waals surface area contributed by atoms with Gasteiger partial charge in [-0.25, -0.2) is 4.98 Å². The van der Waals surface area contributed by atoms with Gasteiger partial charge in [0.25, 0.3) is 0 Å². The number of imide groups is 1. The van der Waals surface area contributed by atoms with Gasteiger partial charge in [0.15, 0.2) is 5.96 Å². The van der Waals surface area contributed by atoms with Gasteiger partial charge in [0, 0.05) is 37.5 Å². The molecule has 4 unspecified atom stereocenters. The lowest BCUT2D eigenvalue weighted by atomic mass is 9.85. The number of nitrogens with one attached hydrogen (secondary N) is 2. The van der Waals surface area contributed by atoms with Gasteiger partial charge in [-0.05, 0) is 38.5 Å². The summed E-state index contributed by atoms with van der Waals surface area (Å²) in [5.41, 5.74) is 1.18. The van der Waals surface area contributed by atoms with Gasteiger partial charge in [-0.2, -0.15) is 0 Å². The van der Waals surface area contributed by atoms with Gasteiger partial charge in [-0.1, -0.05) is 19.1 Å². The largest absolute Gasteiger partial charge is 0.357 e. The minimum Gasteiger partial charge on any atom is -0.357 e. The maximum atomic E-state index is 12.8. The highest BCUT2D eigenvalue weighted by Gasteiger charge is 2.58. The van der Waals surface area contributed by atoms with E-state index in [2.05, 4.69) is 46.6 Å². The topological polar surface area (TPSA) is 86.7 Å². The molecule has 3 aliphatic rings. The third-order valence-corrected chi connectivity index (χ3v) is 7.47. The Morgan fingerprint density at radius 1 is 1.19 bits per heavy atom. The summed E-state index contributed by atoms with van der Waals surface area (Å²) in [6, 6.07) is 0. The zero-order valence-electron chi connectivity index (χ0n) is 18.4. The first-order valence-corrected chi connectivity index (χ1v) is 11.9. The number of hydrogen-bond donors (Lipinski definition) is 2. The molecule has 4 atom stereocenters. The van der Waals surface area contributed by atoms with Gasteiger partial charge in [-0.15, -0.1) is 35.3 Å². The number of carbonyl (C=O) groups excluding carboxylic acids is 2. The van der Waals surface area contributed by atoms with Crippen LogP contribution in [0.4, 0.5) is 0 Å². The van der Waals surface area contributed by atoms with Crippen molar-refractivity contribution in [2.45, 2.75) is 40.0 Å². The zero-order chi connectivity index (χ0) is 21.3. The fourth-order valence-corrected chi connectivity index (χ4v) is 6.01. The number of thiazole rings is 1. The molecule has 2 N–H and O–H groups in total. The van der Waals surface area contributed by atoms with E-state index in [-0.39, 0.29) is 59.5 Å². The predicted molar refractivity (Wildman–Crippen MR) is 134 cm³/mol. The van der Waals surface area contributed by atoms with E-state index in [9.17, 15) is 9.59 Å². The third-order valence-electron chi connectivity index (χ3n) is 6.40. The summed E-state index contributed by atoms with van der Waals surface area (Å²) >= 11 is 1.74. The van der Waals surface area contributed by atoms with Crippen molar-refractivity contribution in [3.05, 3.63) is 27.7 Å². The van der Waals surface area contributed by atoms with Gasteiger partial charge >= 0.3 is 0 Å². The van der Waals surface area contributed by atoms with E-state index in [1.807, 2.05) is 6.92 Å². The molecule has 1 saturated carbocycles. The first-order chi connectivity index (χ1) is 14.5. The van der Waals surface area contributed by atoms with Crippen LogP contribution in [0.25, 0.3) is 0 Å². The van der Waals surface area contributed by atoms with E-state index in [0.717, 1.165) is 30.8 Å². The molecule has 9 heteroatoms. The van der Waals surface area contributed by atoms with Crippen LogP contribution >= 0.6 is 35.3 Å². The zero-order valence-corrected chi connectivity index (χ0v) is 21.5. The summed E-state index contributed by atoms with van der Waals surface area (Å²) in [5, 5.41) is 7.62. The Labute approximate surface area is 205 Å². The van der Waals surface area contributed by atoms with E-state index in [1.165, 1.54) is 15.5 Å². The number of nitrogens with zero attached hydrogens (tertiary/aromatic N) is 3. The molecule has 2 aliphatic carbocycles. The normalized spacial score (nSPS) is 26.4. The van der Waals surface area contributed by atoms with Crippen LogP contribution in [0.15, 0.2) is 17.1 Å². The van der Waals surface area contributed by atoms with Gasteiger partial charge in [0.2, 0.25) is 11.8 Å². The van der Waals surface area contributed by atoms with Crippen molar-refractivity contribution in [1.82, 2.24) is 20.5 Å². The van der Waals surface area contributed by atoms with Crippen LogP contribution < -0.4 is 10.6 Å². The van der Waals surface area contributed by atoms with Gasteiger partial charge in [0.1, 0.15) is 0 Å². The van der Waals surface area contributed by atoms with E-state index >= 15 is 0 Å². The maximum absolute atomic E-state index is 12.8. The molecule has 1 saturated heterocycles. The van der Waals surface area contributed by atoms with E-state index in [1.54, 1.807) is 11.3 Å². The maximum Gasteiger partial charge on any atom is 0.233 e. The summed E-state index contributed by atoms with van der Waals surface area (Å²) in [6.07, 6.45) is 6.99. The van der Waals surface area contributed by atoms with Crippen LogP contribution in [-0.4, -0.2) is 53.8 Å². The number of guanidine groups is 1. The Bertz CT molecular complexity index is 853. The molecule has 1 aromatic heterocycles. The summed E-state index contributed by atoms with van der Waals surface area (Å²) < 4.78 is 0. The number of aliphatic imine (C=N–C) groups is 1. The Hall–Kier alpha value is -1.49. The molecule has 0 spiro atoms. The first kappa shape index (κ1) is 24.2. The summed E-state index contributed by atoms with van der Waals surface area (Å²) in [6.45, 7) is 8.55. The van der Waals surface area contributed by atoms with Crippen LogP contribution in [0.5, 0.6) is 0 Å². The highest BCUT2D eigenvalue weighted by Crippen LogP contribution is 2.52. The van der Waals surface area contributed by atoms with Gasteiger partial charge in [-0.3, -0.25) is 19.5 Å². The Morgan fingerprint density at radius 2 is 1.87 bits per heavy atom. The minimum atomic E-state index is -0.121. The lowest BCUT2D eigenvalue weighted by Gasteiger charge is -2.18. The van der Waals surface area contributed by atoms with E-state index < -0.39 is 0 Å². The van der Waals surface area contributed by atoms with Crippen molar-refractivity contribution in [2.24, 2.45) is 28.7 Å². The van der Waals surface area contributed by atoms with Crippen molar-refractivity contribution in [3.63, 3.8) is 0 Å². The molecular formula is C22H32IN5O2S. The summed E-state index contributed by atoms with van der Waals surface area (Å²) in [5.74, 6) is 1.01. The number of likely N-dealkylation sites (tertiary alicyclic amines) is 1. The summed E-state index contributed by atoms with van der Waals surface area (Å²) in [7, 11) is 0. The number of aromatic nitrogens is 1. The Morgan fingerprint density at radius 3 is 2.45 bits per heavy atom. The monoisotopic (exact) mass is 557 g/mol. The smallest absolute Gasteiger partial charge is 0.233 e. The fourth-order valence-electron chi connectivity index (χ4n) is 5.00. The molecule has 1 aliphatic heterocycles. The number of allylic oxidation sites excluding steroid dienone is 2. The van der Waals surface area contributed by atoms with Crippen molar-refractivity contribution >= 4 is 53.1 Å². The lowest BCUT2D eigenvalue weighted by Crippen LogP contribution is -2.43. The van der Waals surface area contributed by atoms with E-state index in [0.29, 0.717) is 25.6 Å². The van der Waals surface area contributed by atoms with Crippen LogP contribution in [0.3, 0.4) is 0 Å². The fraction of sp³-hybridized carbons (Fsp3) is 0.636. The minimum absolute atomic E-state index is 0. The van der Waals surface area contributed by atoms with Crippen LogP contribution in [0.2, 0.25) is 0 Å². The molecule has 0 radical (unpaired) electrons. The number of hydrogen-bond acceptors (Lipinski definition) is 5. The molecular weight excluding hydrogens is 525 g/mol. The predicted octanol–water partition coefficient (Wildman–Crippen LogP) is 2.54. The molecule has 31 heavy (non-hydrogen) atoms. The molecule has 2 bridgehead atoms. The highest BCUT2D eigenvalue weighted by molar-refractivity contribution is 14.0. The molecule has 2 amide bonds. The molecule has 0 aromatic carbocycles. The Balaban J connectivity index is 0.00000272. The third kappa shape index (κ3) is 4.81. The number of aryl methyl sites for hydroxylation is 2. The standard InChI is InChI=1S/C22H31N5O2S.HI/c1-4-16-13(3)30-17(26-16)8-9-24-22(23-5-2)25-10-11-27-20(28)18-14-6-7-15(12-14)19(18)21(27)29;/h6-7,14-15,18-19H,4-5,8-12H2,1-3H3,(H2,23,24,25);1H. The van der Waals surface area contributed by atoms with E-state index in [4.69, 9.17) is 0 Å². The van der Waals surface area contributed by atoms with Crippen molar-refractivity contribution in [2.75, 3.05) is 26.2 Å². The number of amides is 2. The second-order valence-corrected chi connectivity index (χ2v) is 9.52. The van der Waals surface area contributed by atoms with Crippen molar-refractivity contribution in [3.8, 4) is 0 Å². The average molecular weight is 558 g/mol. The SMILES string of the molecule is CCNC(=NCCc1nc(CC)c(C)s1)NCCN1C(=O)C2C3C=CC(C3)C2C1=O.I. The molecule has 2 heterocycles. The molecule has 170 valence electrons. The van der Waals surface area contributed by atoms with Crippen molar-refractivity contribution < 1.29 is 9.59 Å². The molecule has 7 nitrogen and oxygen atoms in total. The number of carbonyl (C=O) groups is 2. The number of fused-ring (bicyclic) bond motifs is 5. The van der Waals surface area contributed by atoms with Gasteiger partial charge < -0.3 is 10.6 Å². The van der Waals surface area contributed by atoms with Crippen LogP contribution in [0.1, 0.15) is 35.8 Å². The second-order valence-electron chi connectivity index (χ2n) is 8.23. The second kappa shape index (κ2) is 10.4. The number of halogens is 1. The highest BCUT2D eigenvalue weighted by atomic mass is 127. The summed E-state index contributed by atoms with van der Waals surface area (Å²) in [4.78, 5) is 37.6. The molecule has 1 aromatic rings. The Kier molecular flexibility index (Phi) is 8.12. The van der Waals surface area contributed by atoms with Crippen LogP contribution in [-0.2, 0) is 22.4 Å². The van der Waals surface area contributed by atoms with Crippen molar-refractivity contribution in [1.29, 1.82) is 0 Å². The lowest BCUT2D eigenvalue weighted by molar-refractivity contribution is -0.140. The molecule has 4 rings (SSSR count).